The van der Waals surface area contributed by atoms with E-state index in [1.54, 1.807) is 0 Å². The second kappa shape index (κ2) is 19.4. The Labute approximate surface area is 326 Å². The topological polar surface area (TPSA) is 421 Å². The Hall–Kier alpha value is -3.01. The summed E-state index contributed by atoms with van der Waals surface area (Å²) in [6, 6.07) is 0. The number of nitrogen functional groups attached to an aromatic ring is 1. The molecular weight excluding hydrogens is 855 g/mol. The standard InChI is InChI=1S/C26H42N7O20P3S/c1-25(2,19(38)22(39)29-5-4-14(34)28-6-7-57-24(40)26(3,41)8-15(35)36)10-50-56(47,48)53-55(45,46)49-9-13-18(52-54(42,43)44)17(37)23(51-13)33-12-32-16-20(27)30-11-31-21(16)33/h11-13,17-19,23,37-38,41H,4-10H2,1-3H3,(H,28,34)(H,29,39)(H,35,36)(H,45,46)(H,47,48)(H2,27,30,31)(H2,42,43,44)/t13?,17?,18?,19?,23?,26-/m1/s1. The lowest BCUT2D eigenvalue weighted by atomic mass is 9.87. The van der Waals surface area contributed by atoms with E-state index in [0.717, 1.165) is 24.1 Å². The number of amides is 2. The van der Waals surface area contributed by atoms with Crippen molar-refractivity contribution in [3.63, 3.8) is 0 Å². The van der Waals surface area contributed by atoms with Crippen LogP contribution in [0.3, 0.4) is 0 Å². The molecule has 0 spiro atoms. The summed E-state index contributed by atoms with van der Waals surface area (Å²) in [7, 11) is -16.5. The fourth-order valence-corrected chi connectivity index (χ4v) is 8.40. The number of aliphatic hydroxyl groups excluding tert-OH is 2. The second-order valence-electron chi connectivity index (χ2n) is 13.0. The molecule has 3 heterocycles. The number of anilines is 1. The van der Waals surface area contributed by atoms with Gasteiger partial charge in [-0.2, -0.15) is 4.31 Å². The first-order valence-corrected chi connectivity index (χ1v) is 21.7. The van der Waals surface area contributed by atoms with Gasteiger partial charge in [0.1, 0.15) is 41.9 Å². The highest BCUT2D eigenvalue weighted by Gasteiger charge is 2.50. The van der Waals surface area contributed by atoms with Gasteiger partial charge in [-0.1, -0.05) is 25.6 Å². The van der Waals surface area contributed by atoms with Gasteiger partial charge in [-0.3, -0.25) is 37.3 Å². The number of phosphoric acid groups is 3. The van der Waals surface area contributed by atoms with Crippen LogP contribution >= 0.6 is 35.2 Å². The van der Waals surface area contributed by atoms with Crippen LogP contribution in [0.2, 0.25) is 0 Å². The number of hydrogen-bond acceptors (Lipinski definition) is 20. The zero-order valence-corrected chi connectivity index (χ0v) is 33.6. The third-order valence-corrected chi connectivity index (χ3v) is 11.9. The summed E-state index contributed by atoms with van der Waals surface area (Å²) in [4.78, 5) is 98.1. The minimum Gasteiger partial charge on any atom is -0.481 e. The number of rotatable bonds is 22. The highest BCUT2D eigenvalue weighted by molar-refractivity contribution is 8.13. The van der Waals surface area contributed by atoms with Crippen molar-refractivity contribution in [2.24, 2.45) is 5.41 Å². The van der Waals surface area contributed by atoms with Crippen LogP contribution in [0.15, 0.2) is 12.7 Å². The minimum absolute atomic E-state index is 0.00200. The Morgan fingerprint density at radius 2 is 1.68 bits per heavy atom. The molecule has 0 radical (unpaired) electrons. The lowest BCUT2D eigenvalue weighted by molar-refractivity contribution is -0.146. The van der Waals surface area contributed by atoms with Crippen molar-refractivity contribution in [1.29, 1.82) is 0 Å². The molecule has 2 aromatic heterocycles. The molecule has 1 fully saturated rings. The Bertz CT molecular complexity index is 1930. The van der Waals surface area contributed by atoms with Gasteiger partial charge in [0.25, 0.3) is 0 Å². The largest absolute Gasteiger partial charge is 0.481 e. The van der Waals surface area contributed by atoms with Gasteiger partial charge in [-0.25, -0.2) is 28.6 Å². The number of aliphatic hydroxyl groups is 3. The molecule has 3 rings (SSSR count). The number of carbonyl (C=O) groups excluding carboxylic acids is 3. The molecule has 322 valence electrons. The van der Waals surface area contributed by atoms with E-state index in [0.29, 0.717) is 11.8 Å². The number of thioether (sulfide) groups is 1. The zero-order valence-electron chi connectivity index (χ0n) is 30.1. The van der Waals surface area contributed by atoms with E-state index in [2.05, 4.69) is 34.4 Å². The number of imidazole rings is 1. The van der Waals surface area contributed by atoms with E-state index in [-0.39, 0.29) is 42.2 Å². The molecule has 1 aliphatic heterocycles. The van der Waals surface area contributed by atoms with Crippen molar-refractivity contribution in [3.05, 3.63) is 12.7 Å². The fraction of sp³-hybridized carbons (Fsp3) is 0.654. The number of nitrogens with one attached hydrogen (secondary N) is 2. The van der Waals surface area contributed by atoms with Crippen LogP contribution in [0.4, 0.5) is 5.82 Å². The molecule has 57 heavy (non-hydrogen) atoms. The average Bonchev–Trinajstić information content (AvgIpc) is 3.63. The molecular formula is C26H42N7O20P3S. The molecule has 0 aliphatic carbocycles. The molecule has 8 atom stereocenters. The summed E-state index contributed by atoms with van der Waals surface area (Å²) < 4.78 is 61.9. The monoisotopic (exact) mass is 897 g/mol. The molecule has 2 amide bonds. The number of carboxylic acid groups (broad SMARTS) is 1. The molecule has 0 bridgehead atoms. The number of carbonyl (C=O) groups is 4. The minimum atomic E-state index is -5.60. The summed E-state index contributed by atoms with van der Waals surface area (Å²) in [5.74, 6) is -3.06. The Morgan fingerprint density at radius 3 is 2.32 bits per heavy atom. The first-order chi connectivity index (χ1) is 26.1. The van der Waals surface area contributed by atoms with Crippen molar-refractivity contribution in [3.8, 4) is 0 Å². The van der Waals surface area contributed by atoms with Crippen molar-refractivity contribution in [1.82, 2.24) is 30.2 Å². The van der Waals surface area contributed by atoms with E-state index in [9.17, 15) is 67.8 Å². The summed E-state index contributed by atoms with van der Waals surface area (Å²) in [6.07, 6.45) is -8.02. The smallest absolute Gasteiger partial charge is 0.481 e. The van der Waals surface area contributed by atoms with Gasteiger partial charge in [0.15, 0.2) is 17.7 Å². The number of ether oxygens (including phenoxy) is 1. The maximum atomic E-state index is 12.7. The number of aromatic nitrogens is 4. The summed E-state index contributed by atoms with van der Waals surface area (Å²) >= 11 is 0.606. The zero-order chi connectivity index (χ0) is 43.1. The van der Waals surface area contributed by atoms with Crippen molar-refractivity contribution in [2.75, 3.05) is 37.8 Å². The molecule has 1 saturated heterocycles. The fourth-order valence-electron chi connectivity index (χ4n) is 4.80. The summed E-state index contributed by atoms with van der Waals surface area (Å²) in [6.45, 7) is 1.02. The van der Waals surface area contributed by atoms with Crippen LogP contribution in [0.25, 0.3) is 11.2 Å². The van der Waals surface area contributed by atoms with E-state index < -0.39 is 108 Å². The highest BCUT2D eigenvalue weighted by atomic mass is 32.2. The quantitative estimate of drug-likeness (QED) is 0.0445. The van der Waals surface area contributed by atoms with E-state index >= 15 is 0 Å². The van der Waals surface area contributed by atoms with Crippen LogP contribution in [0.1, 0.15) is 39.8 Å². The van der Waals surface area contributed by atoms with Gasteiger partial charge >= 0.3 is 29.4 Å². The molecule has 7 unspecified atom stereocenters. The number of fused-ring (bicyclic) bond motifs is 1. The van der Waals surface area contributed by atoms with Gasteiger partial charge in [-0.15, -0.1) is 0 Å². The maximum absolute atomic E-state index is 12.7. The van der Waals surface area contributed by atoms with E-state index in [4.69, 9.17) is 24.6 Å². The first kappa shape index (κ1) is 48.4. The second-order valence-corrected chi connectivity index (χ2v) is 18.4. The molecule has 0 aromatic carbocycles. The van der Waals surface area contributed by atoms with Crippen molar-refractivity contribution >= 4 is 75.1 Å². The lowest BCUT2D eigenvalue weighted by Gasteiger charge is -2.30. The lowest BCUT2D eigenvalue weighted by Crippen LogP contribution is -2.46. The van der Waals surface area contributed by atoms with E-state index in [1.807, 2.05) is 0 Å². The third-order valence-electron chi connectivity index (χ3n) is 7.67. The molecule has 27 nitrogen and oxygen atoms in total. The summed E-state index contributed by atoms with van der Waals surface area (Å²) in [5, 5.41) is 43.9. The van der Waals surface area contributed by atoms with Crippen LogP contribution < -0.4 is 16.4 Å². The SMILES string of the molecule is CC(C)(COP(=O)(O)OP(=O)(O)OCC1OC(n2cnc3c(N)ncnc32)C(O)C1OP(=O)(O)O)C(O)C(=O)NCCC(=O)NCCSC(=O)[C@](C)(O)CC(=O)O. The molecule has 1 aliphatic rings. The predicted molar refractivity (Wildman–Crippen MR) is 190 cm³/mol. The number of nitrogens with zero attached hydrogens (tertiary/aromatic N) is 4. The third kappa shape index (κ3) is 14.3. The Kier molecular flexibility index (Phi) is 16.4. The molecule has 31 heteroatoms. The van der Waals surface area contributed by atoms with Gasteiger partial charge < -0.3 is 61.1 Å². The number of hydrogen-bond donors (Lipinski definition) is 11. The van der Waals surface area contributed by atoms with Crippen LogP contribution in [-0.4, -0.2) is 144 Å². The normalized spacial score (nSPS) is 22.6. The molecule has 2 aromatic rings. The van der Waals surface area contributed by atoms with Gasteiger partial charge in [0.2, 0.25) is 16.9 Å². The van der Waals surface area contributed by atoms with Crippen LogP contribution in [0.5, 0.6) is 0 Å². The van der Waals surface area contributed by atoms with E-state index in [1.165, 1.54) is 13.8 Å². The van der Waals surface area contributed by atoms with Crippen LogP contribution in [-0.2, 0) is 55.5 Å². The van der Waals surface area contributed by atoms with Gasteiger partial charge in [0.05, 0.1) is 26.0 Å². The van der Waals surface area contributed by atoms with Crippen molar-refractivity contribution < 1.29 is 95.5 Å². The first-order valence-electron chi connectivity index (χ1n) is 16.1. The number of phosphoric ester groups is 3. The summed E-state index contributed by atoms with van der Waals surface area (Å²) in [5.41, 5.74) is 2.06. The molecule has 12 N–H and O–H groups in total. The van der Waals surface area contributed by atoms with Crippen LogP contribution in [0, 0.1) is 5.41 Å². The number of carboxylic acids is 1. The Balaban J connectivity index is 1.49. The van der Waals surface area contributed by atoms with Gasteiger partial charge in [-0.05, 0) is 6.92 Å². The number of nitrogens with two attached hydrogens (primary N) is 1. The highest BCUT2D eigenvalue weighted by Crippen LogP contribution is 2.61. The predicted octanol–water partition coefficient (Wildman–Crippen LogP) is -2.11. The Morgan fingerprint density at radius 1 is 1.04 bits per heavy atom. The average molecular weight is 898 g/mol. The van der Waals surface area contributed by atoms with Gasteiger partial charge in [0, 0.05) is 30.7 Å². The van der Waals surface area contributed by atoms with Crippen molar-refractivity contribution in [2.45, 2.75) is 69.9 Å². The number of aliphatic carboxylic acids is 1. The maximum Gasteiger partial charge on any atom is 0.481 e. The molecule has 0 saturated carbocycles.